The predicted octanol–water partition coefficient (Wildman–Crippen LogP) is 3.55. The van der Waals surface area contributed by atoms with Gasteiger partial charge in [0.2, 0.25) is 5.91 Å². The van der Waals surface area contributed by atoms with Crippen LogP contribution in [0, 0.1) is 0 Å². The topological polar surface area (TPSA) is 66.4 Å². The summed E-state index contributed by atoms with van der Waals surface area (Å²) in [5.74, 6) is -1.58. The van der Waals surface area contributed by atoms with Crippen molar-refractivity contribution in [2.45, 2.75) is 6.92 Å². The van der Waals surface area contributed by atoms with Gasteiger partial charge in [0.25, 0.3) is 0 Å². The van der Waals surface area contributed by atoms with Gasteiger partial charge in [0.15, 0.2) is 0 Å². The van der Waals surface area contributed by atoms with Gasteiger partial charge in [-0.25, -0.2) is 4.79 Å². The minimum Gasteiger partial charge on any atom is -0.477 e. The van der Waals surface area contributed by atoms with Crippen LogP contribution in [0.4, 0.5) is 0 Å². The molecule has 3 aromatic rings. The molecule has 0 aliphatic rings. The fraction of sp³-hybridized carbons (Fsp3) is 0.0526. The molecule has 4 nitrogen and oxygen atoms in total. The Morgan fingerprint density at radius 2 is 1.48 bits per heavy atom. The standard InChI is InChI=1S/C19H15NO3/c1-12(21)20-18(19(22)23)11-17-15-8-4-2-6-13(15)10-14-7-3-5-9-16(14)17/h2-11H,1H3,(H,20,21)(H,22,23)/b18-11+. The first kappa shape index (κ1) is 14.8. The zero-order valence-electron chi connectivity index (χ0n) is 12.5. The highest BCUT2D eigenvalue weighted by molar-refractivity contribution is 6.09. The van der Waals surface area contributed by atoms with E-state index in [0.717, 1.165) is 27.1 Å². The van der Waals surface area contributed by atoms with Crippen LogP contribution in [0.25, 0.3) is 27.6 Å². The minimum atomic E-state index is -1.17. The molecule has 0 aromatic heterocycles. The van der Waals surface area contributed by atoms with Gasteiger partial charge in [-0.2, -0.15) is 0 Å². The number of hydrogen-bond acceptors (Lipinski definition) is 2. The van der Waals surface area contributed by atoms with Crippen molar-refractivity contribution in [3.05, 3.63) is 65.9 Å². The molecule has 3 rings (SSSR count). The van der Waals surface area contributed by atoms with Crippen LogP contribution in [0.1, 0.15) is 12.5 Å². The number of carbonyl (C=O) groups is 2. The zero-order valence-corrected chi connectivity index (χ0v) is 12.5. The Kier molecular flexibility index (Phi) is 3.81. The van der Waals surface area contributed by atoms with Crippen molar-refractivity contribution in [2.24, 2.45) is 0 Å². The van der Waals surface area contributed by atoms with Crippen molar-refractivity contribution in [3.63, 3.8) is 0 Å². The van der Waals surface area contributed by atoms with Crippen LogP contribution in [-0.4, -0.2) is 17.0 Å². The van der Waals surface area contributed by atoms with E-state index >= 15 is 0 Å². The average Bonchev–Trinajstić information content (AvgIpc) is 2.53. The van der Waals surface area contributed by atoms with Crippen molar-refractivity contribution in [1.82, 2.24) is 5.32 Å². The fourth-order valence-corrected chi connectivity index (χ4v) is 2.69. The summed E-state index contributed by atoms with van der Waals surface area (Å²) in [5.41, 5.74) is 0.642. The Labute approximate surface area is 133 Å². The molecule has 23 heavy (non-hydrogen) atoms. The first-order valence-electron chi connectivity index (χ1n) is 7.19. The number of amides is 1. The molecule has 0 saturated carbocycles. The molecule has 3 aromatic carbocycles. The van der Waals surface area contributed by atoms with Crippen LogP contribution >= 0.6 is 0 Å². The quantitative estimate of drug-likeness (QED) is 0.574. The molecule has 0 radical (unpaired) electrons. The SMILES string of the molecule is CC(=O)N/C(=C/c1c2ccccc2cc2ccccc12)C(=O)O. The van der Waals surface area contributed by atoms with Gasteiger partial charge in [0.05, 0.1) is 0 Å². The van der Waals surface area contributed by atoms with E-state index < -0.39 is 11.9 Å². The number of rotatable bonds is 3. The number of carbonyl (C=O) groups excluding carboxylic acids is 1. The second kappa shape index (κ2) is 5.93. The lowest BCUT2D eigenvalue weighted by Gasteiger charge is -2.10. The molecule has 0 atom stereocenters. The maximum Gasteiger partial charge on any atom is 0.352 e. The van der Waals surface area contributed by atoms with Crippen LogP contribution in [-0.2, 0) is 9.59 Å². The van der Waals surface area contributed by atoms with Crippen molar-refractivity contribution < 1.29 is 14.7 Å². The highest BCUT2D eigenvalue weighted by Crippen LogP contribution is 2.30. The van der Waals surface area contributed by atoms with Crippen molar-refractivity contribution >= 4 is 39.5 Å². The summed E-state index contributed by atoms with van der Waals surface area (Å²) in [6.07, 6.45) is 1.52. The van der Waals surface area contributed by atoms with Crippen LogP contribution in [0.3, 0.4) is 0 Å². The molecule has 114 valence electrons. The summed E-state index contributed by atoms with van der Waals surface area (Å²) >= 11 is 0. The second-order valence-electron chi connectivity index (χ2n) is 5.28. The van der Waals surface area contributed by atoms with Crippen molar-refractivity contribution in [3.8, 4) is 0 Å². The van der Waals surface area contributed by atoms with E-state index in [0.29, 0.717) is 0 Å². The van der Waals surface area contributed by atoms with E-state index in [1.165, 1.54) is 13.0 Å². The molecule has 0 aliphatic heterocycles. The van der Waals surface area contributed by atoms with E-state index in [-0.39, 0.29) is 5.70 Å². The fourth-order valence-electron chi connectivity index (χ4n) is 2.69. The number of nitrogens with one attached hydrogen (secondary N) is 1. The lowest BCUT2D eigenvalue weighted by molar-refractivity contribution is -0.134. The molecule has 2 N–H and O–H groups in total. The third-order valence-electron chi connectivity index (χ3n) is 3.64. The van der Waals surface area contributed by atoms with E-state index in [4.69, 9.17) is 0 Å². The number of carboxylic acid groups (broad SMARTS) is 1. The molecule has 4 heteroatoms. The van der Waals surface area contributed by atoms with E-state index in [1.54, 1.807) is 0 Å². The third kappa shape index (κ3) is 2.92. The summed E-state index contributed by atoms with van der Waals surface area (Å²) in [6.45, 7) is 1.29. The number of benzene rings is 3. The van der Waals surface area contributed by atoms with Gasteiger partial charge >= 0.3 is 5.97 Å². The molecule has 0 fully saturated rings. The minimum absolute atomic E-state index is 0.140. The van der Waals surface area contributed by atoms with Gasteiger partial charge in [0.1, 0.15) is 5.70 Å². The molecular weight excluding hydrogens is 290 g/mol. The van der Waals surface area contributed by atoms with Crippen molar-refractivity contribution in [1.29, 1.82) is 0 Å². The zero-order chi connectivity index (χ0) is 16.4. The van der Waals surface area contributed by atoms with E-state index in [1.807, 2.05) is 48.5 Å². The second-order valence-corrected chi connectivity index (χ2v) is 5.28. The number of aliphatic carboxylic acids is 1. The van der Waals surface area contributed by atoms with E-state index in [2.05, 4.69) is 11.4 Å². The number of carboxylic acids is 1. The Morgan fingerprint density at radius 1 is 0.957 bits per heavy atom. The molecule has 1 amide bonds. The largest absolute Gasteiger partial charge is 0.477 e. The van der Waals surface area contributed by atoms with Crippen molar-refractivity contribution in [2.75, 3.05) is 0 Å². The number of hydrogen-bond donors (Lipinski definition) is 2. The summed E-state index contributed by atoms with van der Waals surface area (Å²) in [4.78, 5) is 22.7. The molecule has 0 bridgehead atoms. The number of fused-ring (bicyclic) bond motifs is 2. The Morgan fingerprint density at radius 3 is 1.96 bits per heavy atom. The maximum absolute atomic E-state index is 11.4. The van der Waals surface area contributed by atoms with Gasteiger partial charge < -0.3 is 10.4 Å². The first-order valence-corrected chi connectivity index (χ1v) is 7.19. The van der Waals surface area contributed by atoms with Gasteiger partial charge in [0, 0.05) is 6.92 Å². The first-order chi connectivity index (χ1) is 11.1. The van der Waals surface area contributed by atoms with Crippen LogP contribution in [0.5, 0.6) is 0 Å². The lowest BCUT2D eigenvalue weighted by atomic mass is 9.96. The lowest BCUT2D eigenvalue weighted by Crippen LogP contribution is -2.24. The Balaban J connectivity index is 2.36. The van der Waals surface area contributed by atoms with Gasteiger partial charge in [-0.15, -0.1) is 0 Å². The van der Waals surface area contributed by atoms with Crippen LogP contribution in [0.2, 0.25) is 0 Å². The van der Waals surface area contributed by atoms with Gasteiger partial charge in [-0.3, -0.25) is 4.79 Å². The van der Waals surface area contributed by atoms with E-state index in [9.17, 15) is 14.7 Å². The van der Waals surface area contributed by atoms with Gasteiger partial charge in [-0.05, 0) is 39.3 Å². The average molecular weight is 305 g/mol. The molecule has 0 heterocycles. The summed E-state index contributed by atoms with van der Waals surface area (Å²) in [5, 5.41) is 15.6. The summed E-state index contributed by atoms with van der Waals surface area (Å²) in [6, 6.07) is 17.6. The molecule has 0 spiro atoms. The summed E-state index contributed by atoms with van der Waals surface area (Å²) in [7, 11) is 0. The highest BCUT2D eigenvalue weighted by Gasteiger charge is 2.12. The van der Waals surface area contributed by atoms with Crippen LogP contribution < -0.4 is 5.32 Å². The molecular formula is C19H15NO3. The normalized spacial score (nSPS) is 11.6. The molecule has 0 unspecified atom stereocenters. The smallest absolute Gasteiger partial charge is 0.352 e. The Hall–Kier alpha value is -3.14. The Bertz CT molecular complexity index is 903. The van der Waals surface area contributed by atoms with Crippen LogP contribution in [0.15, 0.2) is 60.3 Å². The molecule has 0 aliphatic carbocycles. The van der Waals surface area contributed by atoms with Gasteiger partial charge in [-0.1, -0.05) is 48.5 Å². The molecule has 0 saturated heterocycles. The highest BCUT2D eigenvalue weighted by atomic mass is 16.4. The third-order valence-corrected chi connectivity index (χ3v) is 3.64. The maximum atomic E-state index is 11.4. The monoisotopic (exact) mass is 305 g/mol. The predicted molar refractivity (Wildman–Crippen MR) is 90.9 cm³/mol. The summed E-state index contributed by atoms with van der Waals surface area (Å²) < 4.78 is 0.